The zero-order valence-corrected chi connectivity index (χ0v) is 43.8. The highest BCUT2D eigenvalue weighted by molar-refractivity contribution is 7.36. The van der Waals surface area contributed by atoms with Crippen molar-refractivity contribution in [3.8, 4) is 22.6 Å². The van der Waals surface area contributed by atoms with Crippen LogP contribution in [0.2, 0.25) is 0 Å². The molecule has 66 heavy (non-hydrogen) atoms. The fourth-order valence-corrected chi connectivity index (χ4v) is 11.3. The Bertz CT molecular complexity index is 3090. The third-order valence-electron chi connectivity index (χ3n) is 12.2. The van der Waals surface area contributed by atoms with Crippen LogP contribution < -0.4 is 9.26 Å². The van der Waals surface area contributed by atoms with E-state index in [1.165, 1.54) is 11.1 Å². The van der Waals surface area contributed by atoms with Crippen LogP contribution in [0.15, 0.2) is 114 Å². The average Bonchev–Trinajstić information content (AvgIpc) is 3.47. The molecule has 6 nitrogen and oxygen atoms in total. The van der Waals surface area contributed by atoms with E-state index in [1.54, 1.807) is 0 Å². The zero-order valence-electron chi connectivity index (χ0n) is 42.0. The number of rotatable bonds is 7. The van der Waals surface area contributed by atoms with Crippen LogP contribution in [0.4, 0.5) is 0 Å². The summed E-state index contributed by atoms with van der Waals surface area (Å²) in [6, 6.07) is 34.3. The van der Waals surface area contributed by atoms with Gasteiger partial charge in [-0.05, 0) is 108 Å². The van der Waals surface area contributed by atoms with E-state index in [4.69, 9.17) is 26.0 Å². The third-order valence-corrected chi connectivity index (χ3v) is 14.6. The Hall–Kier alpha value is -5.28. The predicted octanol–water partition coefficient (Wildman–Crippen LogP) is 18.9. The fraction of sp³-hybridized carbons (Fsp3) is 0.379. The Morgan fingerprint density at radius 3 is 1.24 bits per heavy atom. The van der Waals surface area contributed by atoms with E-state index in [-0.39, 0.29) is 21.7 Å². The van der Waals surface area contributed by atoms with Gasteiger partial charge in [-0.3, -0.25) is 0 Å². The van der Waals surface area contributed by atoms with Crippen molar-refractivity contribution in [1.82, 2.24) is 0 Å². The molecule has 0 radical (unpaired) electrons. The second-order valence-electron chi connectivity index (χ2n) is 22.3. The normalized spacial score (nSPS) is 12.7. The highest BCUT2D eigenvalue weighted by Crippen LogP contribution is 2.51. The second-order valence-corrected chi connectivity index (χ2v) is 24.8. The van der Waals surface area contributed by atoms with Gasteiger partial charge in [0.15, 0.2) is 0 Å². The SMILES string of the molecule is Cc1cc(-c2cc(C)cc(C(C)(C)C)c2Op2oc3c(C(C)(C)C)cc(C)cc3c3cc(C)cc(C(C)(C)C)c3o2)c(OCCp2oc3ccccc3c3ccccc3o2)c(C(C)(C)C)c1. The van der Waals surface area contributed by atoms with Crippen molar-refractivity contribution in [2.24, 2.45) is 0 Å². The Labute approximate surface area is 393 Å². The summed E-state index contributed by atoms with van der Waals surface area (Å²) in [5, 5.41) is 4.11. The Balaban J connectivity index is 1.36. The number of benzene rings is 6. The van der Waals surface area contributed by atoms with Crippen LogP contribution in [0.5, 0.6) is 11.5 Å². The molecular formula is C58H68O6P2. The first kappa shape index (κ1) is 47.2. The summed E-state index contributed by atoms with van der Waals surface area (Å²) in [5.74, 6) is 1.54. The molecule has 8 rings (SSSR count). The molecule has 0 saturated carbocycles. The van der Waals surface area contributed by atoms with Crippen molar-refractivity contribution < 1.29 is 26.0 Å². The van der Waals surface area contributed by atoms with Gasteiger partial charge in [-0.25, -0.2) is 0 Å². The minimum absolute atomic E-state index is 0.220. The highest BCUT2D eigenvalue weighted by atomic mass is 31.1. The maximum absolute atomic E-state index is 7.47. The first-order chi connectivity index (χ1) is 30.9. The maximum Gasteiger partial charge on any atom is 0.453 e. The number of hydrogen-bond donors (Lipinski definition) is 0. The van der Waals surface area contributed by atoms with Crippen molar-refractivity contribution >= 4 is 60.1 Å². The lowest BCUT2D eigenvalue weighted by Crippen LogP contribution is -2.16. The largest absolute Gasteiger partial charge is 0.492 e. The lowest BCUT2D eigenvalue weighted by atomic mass is 9.80. The van der Waals surface area contributed by atoms with Crippen LogP contribution in [-0.4, -0.2) is 6.61 Å². The van der Waals surface area contributed by atoms with E-state index in [1.807, 2.05) is 36.4 Å². The van der Waals surface area contributed by atoms with Crippen LogP contribution in [-0.2, 0) is 27.8 Å². The second kappa shape index (κ2) is 17.4. The maximum atomic E-state index is 7.47. The van der Waals surface area contributed by atoms with Gasteiger partial charge in [-0.2, -0.15) is 0 Å². The molecule has 0 spiro atoms. The van der Waals surface area contributed by atoms with Crippen LogP contribution in [0.3, 0.4) is 0 Å². The summed E-state index contributed by atoms with van der Waals surface area (Å²) in [5.41, 5.74) is 13.1. The monoisotopic (exact) mass is 922 g/mol. The van der Waals surface area contributed by atoms with Gasteiger partial charge in [0.1, 0.15) is 40.4 Å². The lowest BCUT2D eigenvalue weighted by Gasteiger charge is -2.28. The minimum Gasteiger partial charge on any atom is -0.492 e. The predicted molar refractivity (Wildman–Crippen MR) is 280 cm³/mol. The lowest BCUT2D eigenvalue weighted by molar-refractivity contribution is 0.321. The fourth-order valence-electron chi connectivity index (χ4n) is 8.94. The van der Waals surface area contributed by atoms with Crippen molar-refractivity contribution in [2.45, 2.75) is 139 Å². The van der Waals surface area contributed by atoms with Gasteiger partial charge < -0.3 is 26.0 Å². The molecule has 6 aromatic carbocycles. The molecule has 0 fully saturated rings. The highest BCUT2D eigenvalue weighted by Gasteiger charge is 2.31. The van der Waals surface area contributed by atoms with Gasteiger partial charge in [0, 0.05) is 54.9 Å². The summed E-state index contributed by atoms with van der Waals surface area (Å²) in [4.78, 5) is 0. The quantitative estimate of drug-likeness (QED) is 0.159. The van der Waals surface area contributed by atoms with Crippen LogP contribution in [0.1, 0.15) is 128 Å². The molecule has 2 heterocycles. The molecular weight excluding hydrogens is 855 g/mol. The molecule has 0 aliphatic carbocycles. The Morgan fingerprint density at radius 1 is 0.424 bits per heavy atom. The summed E-state index contributed by atoms with van der Waals surface area (Å²) in [6.07, 6.45) is 0.552. The summed E-state index contributed by atoms with van der Waals surface area (Å²) < 4.78 is 42.3. The number of aryl methyl sites for hydroxylation is 4. The Morgan fingerprint density at radius 2 is 0.803 bits per heavy atom. The van der Waals surface area contributed by atoms with Crippen molar-refractivity contribution in [3.63, 3.8) is 0 Å². The summed E-state index contributed by atoms with van der Waals surface area (Å²) >= 11 is 0. The number of ether oxygens (including phenoxy) is 1. The van der Waals surface area contributed by atoms with Gasteiger partial charge >= 0.3 is 8.24 Å². The summed E-state index contributed by atoms with van der Waals surface area (Å²) in [6.45, 7) is 36.0. The van der Waals surface area contributed by atoms with Crippen molar-refractivity contribution in [1.29, 1.82) is 0 Å². The van der Waals surface area contributed by atoms with Crippen LogP contribution >= 0.6 is 16.3 Å². The van der Waals surface area contributed by atoms with E-state index in [2.05, 4.69) is 171 Å². The van der Waals surface area contributed by atoms with Crippen LogP contribution in [0, 0.1) is 27.7 Å². The van der Waals surface area contributed by atoms with Gasteiger partial charge in [-0.15, -0.1) is 0 Å². The first-order valence-corrected chi connectivity index (χ1v) is 25.7. The van der Waals surface area contributed by atoms with Crippen molar-refractivity contribution in [3.05, 3.63) is 142 Å². The third kappa shape index (κ3) is 9.60. The topological polar surface area (TPSA) is 71.0 Å². The molecule has 0 amide bonds. The average molecular weight is 923 g/mol. The number of hydrogen-bond acceptors (Lipinski definition) is 6. The van der Waals surface area contributed by atoms with Gasteiger partial charge in [-0.1, -0.05) is 144 Å². The van der Waals surface area contributed by atoms with E-state index >= 15 is 0 Å². The van der Waals surface area contributed by atoms with Crippen molar-refractivity contribution in [2.75, 3.05) is 6.61 Å². The smallest absolute Gasteiger partial charge is 0.453 e. The minimum atomic E-state index is -2.06. The molecule has 0 saturated heterocycles. The summed E-state index contributed by atoms with van der Waals surface area (Å²) in [7, 11) is -3.43. The van der Waals surface area contributed by atoms with E-state index in [0.717, 1.165) is 99.9 Å². The molecule has 2 aromatic heterocycles. The molecule has 0 N–H and O–H groups in total. The Kier molecular flexibility index (Phi) is 12.5. The molecule has 346 valence electrons. The van der Waals surface area contributed by atoms with E-state index < -0.39 is 16.3 Å². The van der Waals surface area contributed by atoms with E-state index in [0.29, 0.717) is 12.8 Å². The van der Waals surface area contributed by atoms with Gasteiger partial charge in [0.25, 0.3) is 0 Å². The molecule has 8 aromatic rings. The zero-order chi connectivity index (χ0) is 47.7. The van der Waals surface area contributed by atoms with Gasteiger partial charge in [0.05, 0.1) is 6.16 Å². The molecule has 0 unspecified atom stereocenters. The van der Waals surface area contributed by atoms with Crippen LogP contribution in [0.25, 0.3) is 55.0 Å². The van der Waals surface area contributed by atoms with E-state index in [9.17, 15) is 0 Å². The molecule has 0 aliphatic rings. The number of para-hydroxylation sites is 2. The molecule has 0 aliphatic heterocycles. The number of fused-ring (bicyclic) bond motifs is 6. The molecule has 0 atom stereocenters. The molecule has 0 bridgehead atoms. The van der Waals surface area contributed by atoms with Gasteiger partial charge in [0.2, 0.25) is 8.01 Å². The first-order valence-electron chi connectivity index (χ1n) is 23.3. The standard InChI is InChI=1S/C58H68O6P2/c1-35-27-41(51(45(31-35)55(5,6)7)59-25-26-65-60-49-23-19-17-21-39(49)40-22-18-20-24-50(40)61-65)42-28-36(2)32-46(56(8,9)10)52(42)62-66-63-53-43(29-37(3)33-47(53)57(11,12)13)44-30-38(4)34-48(54(44)64-66)58(14,15)16/h17-24,27-34H,25-26H2,1-16H3. The molecule has 8 heteroatoms.